The van der Waals surface area contributed by atoms with Gasteiger partial charge in [0.15, 0.2) is 17.3 Å². The van der Waals surface area contributed by atoms with Crippen LogP contribution in [0.3, 0.4) is 0 Å². The molecule has 0 aliphatic rings. The van der Waals surface area contributed by atoms with Gasteiger partial charge in [-0.2, -0.15) is 0 Å². The molecule has 0 fully saturated rings. The van der Waals surface area contributed by atoms with Crippen molar-refractivity contribution in [2.75, 3.05) is 19.5 Å². The lowest BCUT2D eigenvalue weighted by Crippen LogP contribution is -2.13. The van der Waals surface area contributed by atoms with Crippen LogP contribution >= 0.6 is 11.6 Å². The van der Waals surface area contributed by atoms with Crippen LogP contribution in [-0.2, 0) is 16.0 Å². The highest BCUT2D eigenvalue weighted by molar-refractivity contribution is 6.33. The summed E-state index contributed by atoms with van der Waals surface area (Å²) in [7, 11) is 2.42. The van der Waals surface area contributed by atoms with Gasteiger partial charge in [-0.3, -0.25) is 4.79 Å². The normalized spacial score (nSPS) is 10.5. The lowest BCUT2D eigenvalue weighted by Gasteiger charge is -2.13. The molecule has 2 aromatic rings. The predicted octanol–water partition coefficient (Wildman–Crippen LogP) is 3.74. The maximum absolute atomic E-state index is 13.9. The predicted molar refractivity (Wildman–Crippen MR) is 107 cm³/mol. The molecule has 0 aliphatic carbocycles. The van der Waals surface area contributed by atoms with Gasteiger partial charge in [-0.15, -0.1) is 0 Å². The highest BCUT2D eigenvalue weighted by Crippen LogP contribution is 2.37. The van der Waals surface area contributed by atoms with E-state index < -0.39 is 23.4 Å². The first-order chi connectivity index (χ1) is 14.2. The molecule has 0 saturated carbocycles. The van der Waals surface area contributed by atoms with Gasteiger partial charge < -0.3 is 30.1 Å². The number of halogens is 2. The number of methoxy groups -OCH3 is 2. The molecule has 0 atom stereocenters. The van der Waals surface area contributed by atoms with E-state index in [2.05, 4.69) is 10.1 Å². The first-order valence-corrected chi connectivity index (χ1v) is 9.25. The summed E-state index contributed by atoms with van der Waals surface area (Å²) < 4.78 is 23.4. The van der Waals surface area contributed by atoms with E-state index in [1.165, 1.54) is 7.11 Å². The number of amides is 1. The topological polar surface area (TPSA) is 125 Å². The summed E-state index contributed by atoms with van der Waals surface area (Å²) in [5.74, 6) is -3.28. The number of nitrogens with one attached hydrogen (secondary N) is 1. The lowest BCUT2D eigenvalue weighted by molar-refractivity contribution is -0.116. The molecular weight excluding hydrogens is 421 g/mol. The minimum absolute atomic E-state index is 0.0161. The molecule has 0 spiro atoms. The van der Waals surface area contributed by atoms with E-state index in [-0.39, 0.29) is 51.9 Å². The standard InChI is InChI=1S/C20H21ClFNO7/c1-29-16-7-11(22)12(8-13(16)24)23-17(27)6-4-3-5-10-18(20(28)30-2)14(25)9-15(26)19(10)21/h7-9,24-26H,3-6H2,1-2H3,(H,23,27). The Morgan fingerprint density at radius 1 is 1.07 bits per heavy atom. The number of phenolic OH excluding ortho intramolecular Hbond substituents is 3. The second kappa shape index (κ2) is 10.0. The van der Waals surface area contributed by atoms with E-state index in [0.717, 1.165) is 25.3 Å². The Labute approximate surface area is 176 Å². The molecule has 162 valence electrons. The molecule has 4 N–H and O–H groups in total. The molecule has 0 bridgehead atoms. The molecule has 1 amide bonds. The van der Waals surface area contributed by atoms with Crippen LogP contribution in [0.25, 0.3) is 0 Å². The van der Waals surface area contributed by atoms with E-state index in [4.69, 9.17) is 16.3 Å². The summed E-state index contributed by atoms with van der Waals surface area (Å²) in [4.78, 5) is 24.0. The number of phenols is 3. The van der Waals surface area contributed by atoms with Crippen LogP contribution in [0.15, 0.2) is 18.2 Å². The molecule has 0 radical (unpaired) electrons. The van der Waals surface area contributed by atoms with Gasteiger partial charge in [0, 0.05) is 24.6 Å². The molecular formula is C20H21ClFNO7. The number of benzene rings is 2. The van der Waals surface area contributed by atoms with E-state index >= 15 is 0 Å². The Morgan fingerprint density at radius 2 is 1.77 bits per heavy atom. The maximum Gasteiger partial charge on any atom is 0.341 e. The zero-order valence-corrected chi connectivity index (χ0v) is 17.0. The third-order valence-corrected chi connectivity index (χ3v) is 4.76. The number of carbonyl (C=O) groups excluding carboxylic acids is 2. The third-order valence-electron chi connectivity index (χ3n) is 4.33. The van der Waals surface area contributed by atoms with Crippen molar-refractivity contribution in [3.8, 4) is 23.0 Å². The Hall–Kier alpha value is -3.20. The summed E-state index contributed by atoms with van der Waals surface area (Å²) in [5.41, 5.74) is -0.139. The van der Waals surface area contributed by atoms with Crippen LogP contribution in [-0.4, -0.2) is 41.4 Å². The van der Waals surface area contributed by atoms with Gasteiger partial charge in [0.25, 0.3) is 0 Å². The second-order valence-electron chi connectivity index (χ2n) is 6.33. The van der Waals surface area contributed by atoms with Crippen LogP contribution < -0.4 is 10.1 Å². The highest BCUT2D eigenvalue weighted by atomic mass is 35.5. The van der Waals surface area contributed by atoms with Crippen LogP contribution in [0.4, 0.5) is 10.1 Å². The fraction of sp³-hybridized carbons (Fsp3) is 0.300. The Morgan fingerprint density at radius 3 is 2.40 bits per heavy atom. The molecule has 8 nitrogen and oxygen atoms in total. The number of unbranched alkanes of at least 4 members (excludes halogenated alkanes) is 1. The summed E-state index contributed by atoms with van der Waals surface area (Å²) in [6.45, 7) is 0. The van der Waals surface area contributed by atoms with E-state index in [1.54, 1.807) is 0 Å². The molecule has 30 heavy (non-hydrogen) atoms. The van der Waals surface area contributed by atoms with Crippen LogP contribution in [0, 0.1) is 5.82 Å². The van der Waals surface area contributed by atoms with E-state index in [0.29, 0.717) is 12.8 Å². The van der Waals surface area contributed by atoms with E-state index in [9.17, 15) is 29.3 Å². The number of esters is 1. The Kier molecular flexibility index (Phi) is 7.71. The fourth-order valence-corrected chi connectivity index (χ4v) is 3.09. The first-order valence-electron chi connectivity index (χ1n) is 8.87. The molecule has 0 heterocycles. The van der Waals surface area contributed by atoms with Crippen LogP contribution in [0.1, 0.15) is 35.2 Å². The summed E-state index contributed by atoms with van der Waals surface area (Å²) in [5, 5.41) is 31.7. The van der Waals surface area contributed by atoms with Crippen molar-refractivity contribution in [3.05, 3.63) is 40.2 Å². The molecule has 0 saturated heterocycles. The van der Waals surface area contributed by atoms with Gasteiger partial charge in [-0.05, 0) is 24.8 Å². The van der Waals surface area contributed by atoms with Crippen molar-refractivity contribution in [3.63, 3.8) is 0 Å². The molecule has 0 aromatic heterocycles. The monoisotopic (exact) mass is 441 g/mol. The van der Waals surface area contributed by atoms with Crippen molar-refractivity contribution < 1.29 is 38.8 Å². The minimum atomic E-state index is -0.808. The summed E-state index contributed by atoms with van der Waals surface area (Å²) >= 11 is 6.05. The number of carbonyl (C=O) groups is 2. The number of anilines is 1. The average molecular weight is 442 g/mol. The van der Waals surface area contributed by atoms with Gasteiger partial charge in [0.1, 0.15) is 17.1 Å². The quantitative estimate of drug-likeness (QED) is 0.363. The number of hydrogen-bond acceptors (Lipinski definition) is 7. The van der Waals surface area contributed by atoms with Crippen molar-refractivity contribution in [1.82, 2.24) is 0 Å². The van der Waals surface area contributed by atoms with Crippen molar-refractivity contribution in [2.24, 2.45) is 0 Å². The van der Waals surface area contributed by atoms with Gasteiger partial charge in [-0.25, -0.2) is 9.18 Å². The second-order valence-corrected chi connectivity index (χ2v) is 6.71. The van der Waals surface area contributed by atoms with Crippen LogP contribution in [0.2, 0.25) is 5.02 Å². The number of rotatable bonds is 8. The average Bonchev–Trinajstić information content (AvgIpc) is 2.70. The van der Waals surface area contributed by atoms with Gasteiger partial charge in [0.05, 0.1) is 24.9 Å². The highest BCUT2D eigenvalue weighted by Gasteiger charge is 2.22. The number of aromatic hydroxyl groups is 3. The van der Waals surface area contributed by atoms with E-state index in [1.807, 2.05) is 0 Å². The molecule has 2 aromatic carbocycles. The smallest absolute Gasteiger partial charge is 0.341 e. The Balaban J connectivity index is 2.00. The molecule has 2 rings (SSSR count). The Bertz CT molecular complexity index is 965. The van der Waals surface area contributed by atoms with Gasteiger partial charge >= 0.3 is 5.97 Å². The third kappa shape index (κ3) is 5.24. The first kappa shape index (κ1) is 23.1. The van der Waals surface area contributed by atoms with Crippen molar-refractivity contribution >= 4 is 29.2 Å². The SMILES string of the molecule is COC(=O)c1c(O)cc(O)c(Cl)c1CCCCC(=O)Nc1cc(O)c(OC)cc1F. The largest absolute Gasteiger partial charge is 0.507 e. The zero-order chi connectivity index (χ0) is 22.4. The molecule has 10 heteroatoms. The van der Waals surface area contributed by atoms with Gasteiger partial charge in [-0.1, -0.05) is 11.6 Å². The van der Waals surface area contributed by atoms with Crippen molar-refractivity contribution in [2.45, 2.75) is 25.7 Å². The maximum atomic E-state index is 13.9. The number of ether oxygens (including phenoxy) is 2. The summed E-state index contributed by atoms with van der Waals surface area (Å²) in [6, 6.07) is 2.95. The zero-order valence-electron chi connectivity index (χ0n) is 16.3. The fourth-order valence-electron chi connectivity index (χ4n) is 2.85. The molecule has 0 unspecified atom stereocenters. The minimum Gasteiger partial charge on any atom is -0.507 e. The van der Waals surface area contributed by atoms with Crippen LogP contribution in [0.5, 0.6) is 23.0 Å². The lowest BCUT2D eigenvalue weighted by atomic mass is 9.99. The summed E-state index contributed by atoms with van der Waals surface area (Å²) in [6.07, 6.45) is 0.901. The number of hydrogen-bond donors (Lipinski definition) is 4. The molecule has 0 aliphatic heterocycles. The van der Waals surface area contributed by atoms with Crippen molar-refractivity contribution in [1.29, 1.82) is 0 Å². The van der Waals surface area contributed by atoms with Gasteiger partial charge in [0.2, 0.25) is 5.91 Å².